The number of amides is 1. The number of likely N-dealkylation sites (N-methyl/N-ethyl adjacent to an activating group) is 1. The summed E-state index contributed by atoms with van der Waals surface area (Å²) in [6, 6.07) is 6.09. The van der Waals surface area contributed by atoms with Gasteiger partial charge < -0.3 is 4.90 Å². The van der Waals surface area contributed by atoms with Crippen molar-refractivity contribution in [2.75, 3.05) is 13.6 Å². The smallest absolute Gasteiger partial charge is 0.227 e. The van der Waals surface area contributed by atoms with E-state index in [2.05, 4.69) is 0 Å². The molecule has 16 heavy (non-hydrogen) atoms. The van der Waals surface area contributed by atoms with Crippen molar-refractivity contribution in [3.8, 4) is 6.07 Å². The first-order chi connectivity index (χ1) is 7.56. The van der Waals surface area contributed by atoms with Crippen LogP contribution >= 0.6 is 11.6 Å². The minimum atomic E-state index is -0.508. The number of benzene rings is 1. The van der Waals surface area contributed by atoms with Gasteiger partial charge in [-0.15, -0.1) is 0 Å². The molecule has 0 spiro atoms. The van der Waals surface area contributed by atoms with E-state index in [1.165, 1.54) is 30.1 Å². The van der Waals surface area contributed by atoms with E-state index in [0.29, 0.717) is 0 Å². The van der Waals surface area contributed by atoms with Crippen molar-refractivity contribution in [2.24, 2.45) is 0 Å². The van der Waals surface area contributed by atoms with E-state index in [1.54, 1.807) is 0 Å². The number of hydrogen-bond donors (Lipinski definition) is 0. The topological polar surface area (TPSA) is 44.1 Å². The highest BCUT2D eigenvalue weighted by atomic mass is 35.5. The minimum Gasteiger partial charge on any atom is -0.332 e. The number of halogens is 2. The van der Waals surface area contributed by atoms with Crippen LogP contribution < -0.4 is 0 Å². The lowest BCUT2D eigenvalue weighted by atomic mass is 10.1. The van der Waals surface area contributed by atoms with Gasteiger partial charge in [0.25, 0.3) is 0 Å². The molecule has 0 heterocycles. The molecule has 0 N–H and O–H groups in total. The molecule has 84 valence electrons. The van der Waals surface area contributed by atoms with E-state index in [0.717, 1.165) is 0 Å². The van der Waals surface area contributed by atoms with Gasteiger partial charge in [0.2, 0.25) is 5.91 Å². The third-order valence-electron chi connectivity index (χ3n) is 2.12. The number of nitriles is 1. The summed E-state index contributed by atoms with van der Waals surface area (Å²) < 4.78 is 13.3. The van der Waals surface area contributed by atoms with Gasteiger partial charge in [-0.2, -0.15) is 5.26 Å². The number of carbonyl (C=O) groups excluding carboxylic acids is 1. The Labute approximate surface area is 98.0 Å². The van der Waals surface area contributed by atoms with Gasteiger partial charge >= 0.3 is 0 Å². The minimum absolute atomic E-state index is 0.0229. The van der Waals surface area contributed by atoms with Gasteiger partial charge in [0.05, 0.1) is 12.5 Å². The zero-order chi connectivity index (χ0) is 12.1. The Hall–Kier alpha value is -1.60. The molecule has 0 bridgehead atoms. The van der Waals surface area contributed by atoms with Crippen LogP contribution in [-0.4, -0.2) is 24.4 Å². The maximum absolute atomic E-state index is 13.3. The molecule has 1 aromatic carbocycles. The van der Waals surface area contributed by atoms with Crippen LogP contribution in [0.25, 0.3) is 0 Å². The summed E-state index contributed by atoms with van der Waals surface area (Å²) in [5.74, 6) is -0.847. The van der Waals surface area contributed by atoms with Gasteiger partial charge in [-0.25, -0.2) is 4.39 Å². The monoisotopic (exact) mass is 240 g/mol. The predicted molar refractivity (Wildman–Crippen MR) is 58.4 cm³/mol. The summed E-state index contributed by atoms with van der Waals surface area (Å²) in [5.41, 5.74) is 0.166. The van der Waals surface area contributed by atoms with Gasteiger partial charge in [-0.05, 0) is 12.1 Å². The zero-order valence-corrected chi connectivity index (χ0v) is 9.46. The van der Waals surface area contributed by atoms with E-state index in [-0.39, 0.29) is 29.5 Å². The number of nitrogens with zero attached hydrogens (tertiary/aromatic N) is 2. The average Bonchev–Trinajstić information content (AvgIpc) is 2.23. The highest BCUT2D eigenvalue weighted by Crippen LogP contribution is 2.19. The lowest BCUT2D eigenvalue weighted by Crippen LogP contribution is -2.28. The number of carbonyl (C=O) groups is 1. The van der Waals surface area contributed by atoms with Gasteiger partial charge in [-0.3, -0.25) is 4.79 Å². The molecule has 1 aromatic rings. The molecule has 0 aliphatic heterocycles. The standard InChI is InChI=1S/C11H10ClFN2O/c1-15(6-5-14)11(16)7-8-9(12)3-2-4-10(8)13/h2-4H,6-7H2,1H3. The van der Waals surface area contributed by atoms with Gasteiger partial charge in [0, 0.05) is 17.6 Å². The van der Waals surface area contributed by atoms with Crippen molar-refractivity contribution < 1.29 is 9.18 Å². The Morgan fingerprint density at radius 2 is 2.31 bits per heavy atom. The van der Waals surface area contributed by atoms with Crippen LogP contribution in [0, 0.1) is 17.1 Å². The molecule has 0 atom stereocenters. The van der Waals surface area contributed by atoms with E-state index in [1.807, 2.05) is 6.07 Å². The van der Waals surface area contributed by atoms with Crippen molar-refractivity contribution in [1.29, 1.82) is 5.26 Å². The first-order valence-corrected chi connectivity index (χ1v) is 4.98. The van der Waals surface area contributed by atoms with Crippen LogP contribution in [-0.2, 0) is 11.2 Å². The van der Waals surface area contributed by atoms with E-state index >= 15 is 0 Å². The third kappa shape index (κ3) is 2.94. The largest absolute Gasteiger partial charge is 0.332 e. The molecule has 3 nitrogen and oxygen atoms in total. The Morgan fingerprint density at radius 1 is 1.62 bits per heavy atom. The van der Waals surface area contributed by atoms with Gasteiger partial charge in [0.15, 0.2) is 0 Å². The van der Waals surface area contributed by atoms with Crippen molar-refractivity contribution in [3.63, 3.8) is 0 Å². The molecule has 0 aliphatic carbocycles. The summed E-state index contributed by atoms with van der Waals surface area (Å²) in [6.45, 7) is -0.0229. The van der Waals surface area contributed by atoms with Crippen LogP contribution in [0.1, 0.15) is 5.56 Å². The van der Waals surface area contributed by atoms with Crippen LogP contribution in [0.15, 0.2) is 18.2 Å². The molecule has 0 saturated heterocycles. The fourth-order valence-electron chi connectivity index (χ4n) is 1.18. The van der Waals surface area contributed by atoms with Gasteiger partial charge in [-0.1, -0.05) is 17.7 Å². The number of rotatable bonds is 3. The second-order valence-electron chi connectivity index (χ2n) is 3.28. The average molecular weight is 241 g/mol. The molecular formula is C11H10ClFN2O. The van der Waals surface area contributed by atoms with Crippen molar-refractivity contribution in [1.82, 2.24) is 4.90 Å². The maximum atomic E-state index is 13.3. The molecule has 5 heteroatoms. The van der Waals surface area contributed by atoms with E-state index in [9.17, 15) is 9.18 Å². The lowest BCUT2D eigenvalue weighted by Gasteiger charge is -2.13. The Kier molecular flexibility index (Phi) is 4.27. The quantitative estimate of drug-likeness (QED) is 0.759. The normalized spacial score (nSPS) is 9.62. The van der Waals surface area contributed by atoms with Crippen LogP contribution in [0.5, 0.6) is 0 Å². The lowest BCUT2D eigenvalue weighted by molar-refractivity contribution is -0.128. The summed E-state index contributed by atoms with van der Waals surface area (Å²) in [6.07, 6.45) is -0.135. The number of hydrogen-bond acceptors (Lipinski definition) is 2. The predicted octanol–water partition coefficient (Wildman–Crippen LogP) is 2.00. The van der Waals surface area contributed by atoms with Crippen LogP contribution in [0.4, 0.5) is 4.39 Å². The Balaban J connectivity index is 2.82. The van der Waals surface area contributed by atoms with Crippen molar-refractivity contribution in [2.45, 2.75) is 6.42 Å². The maximum Gasteiger partial charge on any atom is 0.227 e. The molecule has 0 aliphatic rings. The highest BCUT2D eigenvalue weighted by molar-refractivity contribution is 6.31. The molecule has 0 saturated carbocycles. The Morgan fingerprint density at radius 3 is 2.88 bits per heavy atom. The molecule has 0 aromatic heterocycles. The first-order valence-electron chi connectivity index (χ1n) is 4.60. The first kappa shape index (κ1) is 12.5. The Bertz CT molecular complexity index is 422. The molecule has 1 amide bonds. The molecule has 0 fully saturated rings. The van der Waals surface area contributed by atoms with Crippen molar-refractivity contribution in [3.05, 3.63) is 34.6 Å². The second-order valence-corrected chi connectivity index (χ2v) is 3.69. The van der Waals surface area contributed by atoms with Crippen LogP contribution in [0.2, 0.25) is 5.02 Å². The van der Waals surface area contributed by atoms with Crippen LogP contribution in [0.3, 0.4) is 0 Å². The molecular weight excluding hydrogens is 231 g/mol. The fourth-order valence-corrected chi connectivity index (χ4v) is 1.41. The van der Waals surface area contributed by atoms with Crippen molar-refractivity contribution >= 4 is 17.5 Å². The fraction of sp³-hybridized carbons (Fsp3) is 0.273. The molecule has 0 unspecified atom stereocenters. The molecule has 1 rings (SSSR count). The van der Waals surface area contributed by atoms with Gasteiger partial charge in [0.1, 0.15) is 12.4 Å². The third-order valence-corrected chi connectivity index (χ3v) is 2.48. The van der Waals surface area contributed by atoms with E-state index < -0.39 is 5.82 Å². The molecule has 0 radical (unpaired) electrons. The summed E-state index contributed by atoms with van der Waals surface area (Å²) in [5, 5.41) is 8.64. The summed E-state index contributed by atoms with van der Waals surface area (Å²) in [7, 11) is 1.49. The summed E-state index contributed by atoms with van der Waals surface area (Å²) in [4.78, 5) is 12.8. The second kappa shape index (κ2) is 5.47. The summed E-state index contributed by atoms with van der Waals surface area (Å²) >= 11 is 5.78. The zero-order valence-electron chi connectivity index (χ0n) is 8.70. The SMILES string of the molecule is CN(CC#N)C(=O)Cc1c(F)cccc1Cl. The van der Waals surface area contributed by atoms with E-state index in [4.69, 9.17) is 16.9 Å². The highest BCUT2D eigenvalue weighted by Gasteiger charge is 2.14.